The van der Waals surface area contributed by atoms with E-state index in [9.17, 15) is 9.59 Å². The average molecular weight is 262 g/mol. The number of primary amides is 1. The summed E-state index contributed by atoms with van der Waals surface area (Å²) < 4.78 is 2.73. The maximum atomic E-state index is 12.3. The third kappa shape index (κ3) is 2.41. The Morgan fingerprint density at radius 1 is 1.47 bits per heavy atom. The number of nitrogens with zero attached hydrogens (tertiary/aromatic N) is 3. The highest BCUT2D eigenvalue weighted by Gasteiger charge is 2.13. The number of amides is 1. The Morgan fingerprint density at radius 2 is 2.21 bits per heavy atom. The van der Waals surface area contributed by atoms with Gasteiger partial charge in [-0.1, -0.05) is 0 Å². The smallest absolute Gasteiger partial charge is 0.275 e. The second-order valence-electron chi connectivity index (χ2n) is 4.07. The Balaban J connectivity index is 2.63. The van der Waals surface area contributed by atoms with Crippen LogP contribution >= 0.6 is 0 Å². The van der Waals surface area contributed by atoms with Gasteiger partial charge in [0.05, 0.1) is 18.6 Å². The number of hydrogen-bond donors (Lipinski definition) is 2. The second-order valence-corrected chi connectivity index (χ2v) is 4.07. The molecule has 2 aromatic heterocycles. The van der Waals surface area contributed by atoms with Crippen molar-refractivity contribution in [3.63, 3.8) is 0 Å². The lowest BCUT2D eigenvalue weighted by Crippen LogP contribution is -2.32. The molecule has 2 rings (SSSR count). The van der Waals surface area contributed by atoms with Gasteiger partial charge in [0.25, 0.3) is 11.5 Å². The van der Waals surface area contributed by atoms with E-state index in [-0.39, 0.29) is 18.8 Å². The number of nitrogens with two attached hydrogens (primary N) is 1. The third-order valence-corrected chi connectivity index (χ3v) is 2.72. The van der Waals surface area contributed by atoms with Crippen LogP contribution in [0.5, 0.6) is 0 Å². The van der Waals surface area contributed by atoms with E-state index in [4.69, 9.17) is 10.8 Å². The lowest BCUT2D eigenvalue weighted by atomic mass is 10.3. The number of pyridine rings is 1. The van der Waals surface area contributed by atoms with Crippen molar-refractivity contribution in [2.45, 2.75) is 13.5 Å². The van der Waals surface area contributed by atoms with Gasteiger partial charge in [-0.05, 0) is 19.1 Å². The molecule has 0 bridgehead atoms. The minimum absolute atomic E-state index is 0.0125. The van der Waals surface area contributed by atoms with Gasteiger partial charge in [-0.25, -0.2) is 4.98 Å². The molecule has 0 spiro atoms. The summed E-state index contributed by atoms with van der Waals surface area (Å²) >= 11 is 0. The summed E-state index contributed by atoms with van der Waals surface area (Å²) in [7, 11) is 0. The number of imidazole rings is 1. The van der Waals surface area contributed by atoms with Gasteiger partial charge in [-0.15, -0.1) is 0 Å². The van der Waals surface area contributed by atoms with Crippen LogP contribution in [0.2, 0.25) is 0 Å². The van der Waals surface area contributed by atoms with Gasteiger partial charge < -0.3 is 15.4 Å². The number of aliphatic hydroxyl groups excluding tert-OH is 1. The van der Waals surface area contributed by atoms with Crippen LogP contribution in [-0.2, 0) is 6.54 Å². The van der Waals surface area contributed by atoms with Crippen LogP contribution in [0, 0.1) is 6.92 Å². The predicted molar refractivity (Wildman–Crippen MR) is 68.2 cm³/mol. The first-order chi connectivity index (χ1) is 9.04. The van der Waals surface area contributed by atoms with Gasteiger partial charge in [-0.2, -0.15) is 0 Å². The number of carbonyl (C=O) groups excluding carboxylic acids is 1. The lowest BCUT2D eigenvalue weighted by molar-refractivity contribution is 0.0988. The zero-order valence-corrected chi connectivity index (χ0v) is 10.4. The molecular weight excluding hydrogens is 248 g/mol. The van der Waals surface area contributed by atoms with Crippen LogP contribution in [0.25, 0.3) is 5.69 Å². The standard InChI is InChI=1S/C12H14N4O3/c1-8-6-15(7-14-8)10-3-2-9(11(13)18)16(4-5-17)12(10)19/h2-3,6-7,17H,4-5H2,1H3,(H2,13,18). The van der Waals surface area contributed by atoms with Crippen molar-refractivity contribution in [1.29, 1.82) is 0 Å². The van der Waals surface area contributed by atoms with Crippen molar-refractivity contribution >= 4 is 5.91 Å². The Bertz CT molecular complexity index is 672. The predicted octanol–water partition coefficient (Wildman–Crippen LogP) is -0.566. The van der Waals surface area contributed by atoms with Crippen molar-refractivity contribution in [3.05, 3.63) is 46.4 Å². The molecule has 0 fully saturated rings. The number of aromatic nitrogens is 3. The minimum Gasteiger partial charge on any atom is -0.395 e. The summed E-state index contributed by atoms with van der Waals surface area (Å²) in [6.45, 7) is 1.56. The molecule has 0 saturated carbocycles. The fourth-order valence-corrected chi connectivity index (χ4v) is 1.85. The molecule has 3 N–H and O–H groups in total. The summed E-state index contributed by atoms with van der Waals surface area (Å²) in [6.07, 6.45) is 3.21. The van der Waals surface area contributed by atoms with Crippen LogP contribution in [0.1, 0.15) is 16.2 Å². The highest BCUT2D eigenvalue weighted by Crippen LogP contribution is 2.06. The SMILES string of the molecule is Cc1cn(-c2ccc(C(N)=O)n(CCO)c2=O)cn1. The summed E-state index contributed by atoms with van der Waals surface area (Å²) in [4.78, 5) is 27.6. The molecule has 19 heavy (non-hydrogen) atoms. The molecule has 0 aliphatic rings. The van der Waals surface area contributed by atoms with Gasteiger partial charge in [-0.3, -0.25) is 14.2 Å². The third-order valence-electron chi connectivity index (χ3n) is 2.72. The summed E-state index contributed by atoms with van der Waals surface area (Å²) in [6, 6.07) is 2.97. The quantitative estimate of drug-likeness (QED) is 0.770. The molecule has 0 atom stereocenters. The normalized spacial score (nSPS) is 10.6. The zero-order chi connectivity index (χ0) is 14.0. The molecule has 0 aliphatic carbocycles. The molecule has 0 aliphatic heterocycles. The Labute approximate surface area is 108 Å². The van der Waals surface area contributed by atoms with Crippen molar-refractivity contribution in [2.75, 3.05) is 6.61 Å². The summed E-state index contributed by atoms with van der Waals surface area (Å²) in [5.41, 5.74) is 5.99. The van der Waals surface area contributed by atoms with Crippen LogP contribution < -0.4 is 11.3 Å². The van der Waals surface area contributed by atoms with Gasteiger partial charge >= 0.3 is 0 Å². The van der Waals surface area contributed by atoms with E-state index in [0.29, 0.717) is 5.69 Å². The fraction of sp³-hybridized carbons (Fsp3) is 0.250. The van der Waals surface area contributed by atoms with Crippen molar-refractivity contribution < 1.29 is 9.90 Å². The van der Waals surface area contributed by atoms with Crippen molar-refractivity contribution in [3.8, 4) is 5.69 Å². The van der Waals surface area contributed by atoms with Crippen molar-refractivity contribution in [2.24, 2.45) is 5.73 Å². The Hall–Kier alpha value is -2.41. The van der Waals surface area contributed by atoms with Gasteiger partial charge in [0, 0.05) is 12.7 Å². The van der Waals surface area contributed by atoms with Gasteiger partial charge in [0.2, 0.25) is 0 Å². The highest BCUT2D eigenvalue weighted by molar-refractivity contribution is 5.91. The molecule has 0 radical (unpaired) electrons. The first-order valence-electron chi connectivity index (χ1n) is 5.70. The zero-order valence-electron chi connectivity index (χ0n) is 10.4. The van der Waals surface area contributed by atoms with Crippen molar-refractivity contribution in [1.82, 2.24) is 14.1 Å². The maximum absolute atomic E-state index is 12.3. The number of aliphatic hydroxyl groups is 1. The van der Waals surface area contributed by atoms with E-state index in [2.05, 4.69) is 4.98 Å². The molecule has 7 heteroatoms. The van der Waals surface area contributed by atoms with E-state index < -0.39 is 11.5 Å². The molecule has 2 heterocycles. The van der Waals surface area contributed by atoms with E-state index >= 15 is 0 Å². The minimum atomic E-state index is -0.709. The largest absolute Gasteiger partial charge is 0.395 e. The van der Waals surface area contributed by atoms with Gasteiger partial charge in [0.1, 0.15) is 11.4 Å². The number of rotatable bonds is 4. The molecule has 0 aromatic carbocycles. The second kappa shape index (κ2) is 5.07. The molecule has 1 amide bonds. The Kier molecular flexibility index (Phi) is 3.48. The molecular formula is C12H14N4O3. The average Bonchev–Trinajstić information content (AvgIpc) is 2.78. The lowest BCUT2D eigenvalue weighted by Gasteiger charge is -2.11. The van der Waals surface area contributed by atoms with Crippen LogP contribution in [0.3, 0.4) is 0 Å². The molecule has 100 valence electrons. The van der Waals surface area contributed by atoms with Crippen LogP contribution in [-0.4, -0.2) is 31.7 Å². The molecule has 2 aromatic rings. The summed E-state index contributed by atoms with van der Waals surface area (Å²) in [5.74, 6) is -0.709. The molecule has 0 unspecified atom stereocenters. The van der Waals surface area contributed by atoms with Crippen LogP contribution in [0.15, 0.2) is 29.5 Å². The molecule has 0 saturated heterocycles. The number of aryl methyl sites for hydroxylation is 1. The monoisotopic (exact) mass is 262 g/mol. The fourth-order valence-electron chi connectivity index (χ4n) is 1.85. The first kappa shape index (κ1) is 13.0. The molecule has 7 nitrogen and oxygen atoms in total. The topological polar surface area (TPSA) is 103 Å². The number of carbonyl (C=O) groups is 1. The highest BCUT2D eigenvalue weighted by atomic mass is 16.3. The van der Waals surface area contributed by atoms with E-state index in [1.165, 1.54) is 18.5 Å². The summed E-state index contributed by atoms with van der Waals surface area (Å²) in [5, 5.41) is 8.98. The number of hydrogen-bond acceptors (Lipinski definition) is 4. The Morgan fingerprint density at radius 3 is 2.74 bits per heavy atom. The van der Waals surface area contributed by atoms with E-state index in [0.717, 1.165) is 10.3 Å². The van der Waals surface area contributed by atoms with E-state index in [1.807, 2.05) is 0 Å². The first-order valence-corrected chi connectivity index (χ1v) is 5.70. The van der Waals surface area contributed by atoms with E-state index in [1.54, 1.807) is 17.7 Å². The van der Waals surface area contributed by atoms with Crippen LogP contribution in [0.4, 0.5) is 0 Å². The maximum Gasteiger partial charge on any atom is 0.275 e. The van der Waals surface area contributed by atoms with Gasteiger partial charge in [0.15, 0.2) is 0 Å².